The minimum atomic E-state index is -0.720. The molecule has 0 bridgehead atoms. The molecule has 0 unspecified atom stereocenters. The number of rotatable bonds is 6. The Labute approximate surface area is 129 Å². The molecule has 1 rings (SSSR count). The molecule has 0 atom stereocenters. The minimum Gasteiger partial charge on any atom is -0.383 e. The number of hydrogen-bond acceptors (Lipinski definition) is 4. The van der Waals surface area contributed by atoms with Crippen LogP contribution in [0.1, 0.15) is 19.5 Å². The number of amidine groups is 1. The Morgan fingerprint density at radius 2 is 2.23 bits per heavy atom. The molecular formula is C15H20FN5O. The third kappa shape index (κ3) is 4.21. The smallest absolute Gasteiger partial charge is 0.256 e. The lowest BCUT2D eigenvalue weighted by atomic mass is 9.90. The average Bonchev–Trinajstić information content (AvgIpc) is 2.52. The van der Waals surface area contributed by atoms with Gasteiger partial charge in [-0.25, -0.2) is 9.98 Å². The number of nitrogens with two attached hydrogens (primary N) is 1. The zero-order chi connectivity index (χ0) is 16.8. The lowest BCUT2D eigenvalue weighted by Crippen LogP contribution is -2.29. The third-order valence-electron chi connectivity index (χ3n) is 2.96. The number of carbonyl (C=O) groups is 1. The van der Waals surface area contributed by atoms with Gasteiger partial charge in [0.2, 0.25) is 0 Å². The van der Waals surface area contributed by atoms with Crippen LogP contribution in [0, 0.1) is 0 Å². The highest BCUT2D eigenvalue weighted by Gasteiger charge is 2.22. The molecule has 0 aliphatic rings. The van der Waals surface area contributed by atoms with Gasteiger partial charge in [-0.3, -0.25) is 14.2 Å². The van der Waals surface area contributed by atoms with Crippen LogP contribution < -0.4 is 11.1 Å². The second-order valence-corrected chi connectivity index (χ2v) is 5.20. The molecule has 0 aliphatic heterocycles. The molecule has 0 radical (unpaired) electrons. The van der Waals surface area contributed by atoms with Crippen molar-refractivity contribution in [3.63, 3.8) is 0 Å². The van der Waals surface area contributed by atoms with Crippen molar-refractivity contribution < 1.29 is 9.18 Å². The summed E-state index contributed by atoms with van der Waals surface area (Å²) in [4.78, 5) is 23.6. The first kappa shape index (κ1) is 17.5. The second kappa shape index (κ2) is 7.44. The highest BCUT2D eigenvalue weighted by Crippen LogP contribution is 2.23. The molecule has 1 amide bonds. The topological polar surface area (TPSA) is 92.7 Å². The van der Waals surface area contributed by atoms with E-state index >= 15 is 0 Å². The van der Waals surface area contributed by atoms with Gasteiger partial charge in [0.25, 0.3) is 5.91 Å². The number of nitrogens with one attached hydrogen (secondary N) is 1. The fourth-order valence-corrected chi connectivity index (χ4v) is 1.58. The summed E-state index contributed by atoms with van der Waals surface area (Å²) in [6.45, 7) is 6.22. The second-order valence-electron chi connectivity index (χ2n) is 5.20. The van der Waals surface area contributed by atoms with Crippen molar-refractivity contribution in [2.75, 3.05) is 13.7 Å². The van der Waals surface area contributed by atoms with Crippen molar-refractivity contribution in [3.8, 4) is 0 Å². The van der Waals surface area contributed by atoms with Gasteiger partial charge in [0.15, 0.2) is 5.82 Å². The standard InChI is InChI=1S/C15H20FN5O/c1-15(2,9-16)11-6-5-7-12(20-11)21-13(17)10(8-18-3)14(22)19-4/h5-8H,3,9H2,1-2,4H3,(H,19,22)(H2,17,20,21)/b10-8+. The van der Waals surface area contributed by atoms with Crippen molar-refractivity contribution in [2.24, 2.45) is 15.7 Å². The zero-order valence-electron chi connectivity index (χ0n) is 12.9. The van der Waals surface area contributed by atoms with Crippen LogP contribution in [-0.2, 0) is 10.2 Å². The Bertz CT molecular complexity index is 622. The highest BCUT2D eigenvalue weighted by molar-refractivity contribution is 6.20. The maximum Gasteiger partial charge on any atom is 0.256 e. The van der Waals surface area contributed by atoms with Crippen LogP contribution in [0.5, 0.6) is 0 Å². The summed E-state index contributed by atoms with van der Waals surface area (Å²) in [5.41, 5.74) is 5.73. The number of carbonyl (C=O) groups excluding carboxylic acids is 1. The van der Waals surface area contributed by atoms with Gasteiger partial charge in [0.1, 0.15) is 12.5 Å². The third-order valence-corrected chi connectivity index (χ3v) is 2.96. The molecule has 118 valence electrons. The van der Waals surface area contributed by atoms with Gasteiger partial charge in [0.05, 0.1) is 11.3 Å². The van der Waals surface area contributed by atoms with Crippen LogP contribution in [0.15, 0.2) is 40.0 Å². The SMILES string of the molecule is C=N/C=C(C(=O)NC)\C(N)=N\c1cccc(C(C)(C)CF)n1. The molecule has 1 aromatic heterocycles. The molecule has 7 heteroatoms. The van der Waals surface area contributed by atoms with Crippen molar-refractivity contribution in [2.45, 2.75) is 19.3 Å². The van der Waals surface area contributed by atoms with Gasteiger partial charge >= 0.3 is 0 Å². The number of likely N-dealkylation sites (N-methyl/N-ethyl adjacent to an activating group) is 1. The molecule has 6 nitrogen and oxygen atoms in total. The summed E-state index contributed by atoms with van der Waals surface area (Å²) in [6, 6.07) is 5.05. The number of aliphatic imine (C=N–C) groups is 2. The molecule has 0 fully saturated rings. The number of nitrogens with zero attached hydrogens (tertiary/aromatic N) is 3. The van der Waals surface area contributed by atoms with Gasteiger partial charge in [0, 0.05) is 18.7 Å². The van der Waals surface area contributed by atoms with Gasteiger partial charge < -0.3 is 11.1 Å². The van der Waals surface area contributed by atoms with Crippen molar-refractivity contribution in [3.05, 3.63) is 35.7 Å². The Morgan fingerprint density at radius 1 is 1.55 bits per heavy atom. The van der Waals surface area contributed by atoms with E-state index in [0.717, 1.165) is 0 Å². The predicted octanol–water partition coefficient (Wildman–Crippen LogP) is 1.65. The van der Waals surface area contributed by atoms with E-state index in [1.807, 2.05) is 0 Å². The number of alkyl halides is 1. The molecule has 0 aromatic carbocycles. The molecule has 0 aliphatic carbocycles. The van der Waals surface area contributed by atoms with Crippen LogP contribution in [-0.4, -0.2) is 37.2 Å². The number of halogens is 1. The van der Waals surface area contributed by atoms with Crippen LogP contribution >= 0.6 is 0 Å². The van der Waals surface area contributed by atoms with Crippen LogP contribution in [0.3, 0.4) is 0 Å². The molecule has 3 N–H and O–H groups in total. The number of hydrogen-bond donors (Lipinski definition) is 2. The fraction of sp³-hybridized carbons (Fsp3) is 0.333. The van der Waals surface area contributed by atoms with Crippen LogP contribution in [0.4, 0.5) is 10.2 Å². The molecule has 0 spiro atoms. The van der Waals surface area contributed by atoms with E-state index in [1.165, 1.54) is 13.2 Å². The Balaban J connectivity index is 3.21. The number of pyridine rings is 1. The maximum absolute atomic E-state index is 13.0. The molecule has 1 heterocycles. The van der Waals surface area contributed by atoms with Gasteiger partial charge in [-0.2, -0.15) is 0 Å². The first-order valence-electron chi connectivity index (χ1n) is 6.62. The van der Waals surface area contributed by atoms with Gasteiger partial charge in [-0.15, -0.1) is 0 Å². The summed E-state index contributed by atoms with van der Waals surface area (Å²) in [5.74, 6) is -0.196. The van der Waals surface area contributed by atoms with E-state index in [1.54, 1.807) is 32.0 Å². The molecule has 0 saturated heterocycles. The number of amides is 1. The van der Waals surface area contributed by atoms with Crippen molar-refractivity contribution >= 4 is 24.3 Å². The van der Waals surface area contributed by atoms with E-state index in [9.17, 15) is 9.18 Å². The molecule has 0 saturated carbocycles. The van der Waals surface area contributed by atoms with Gasteiger partial charge in [-0.1, -0.05) is 19.9 Å². The minimum absolute atomic E-state index is 0.0468. The summed E-state index contributed by atoms with van der Waals surface area (Å²) < 4.78 is 13.0. The summed E-state index contributed by atoms with van der Waals surface area (Å²) in [5, 5.41) is 2.44. The van der Waals surface area contributed by atoms with Crippen molar-refractivity contribution in [1.82, 2.24) is 10.3 Å². The maximum atomic E-state index is 13.0. The van der Waals surface area contributed by atoms with Crippen LogP contribution in [0.2, 0.25) is 0 Å². The summed E-state index contributed by atoms with van der Waals surface area (Å²) in [6.07, 6.45) is 1.22. The molecule has 1 aromatic rings. The van der Waals surface area contributed by atoms with E-state index < -0.39 is 18.0 Å². The summed E-state index contributed by atoms with van der Waals surface area (Å²) >= 11 is 0. The number of aromatic nitrogens is 1. The highest BCUT2D eigenvalue weighted by atomic mass is 19.1. The lowest BCUT2D eigenvalue weighted by molar-refractivity contribution is -0.116. The normalized spacial score (nSPS) is 12.9. The Kier molecular flexibility index (Phi) is 5.91. The van der Waals surface area contributed by atoms with Gasteiger partial charge in [-0.05, 0) is 18.9 Å². The average molecular weight is 305 g/mol. The first-order valence-corrected chi connectivity index (χ1v) is 6.62. The molecule has 22 heavy (non-hydrogen) atoms. The monoisotopic (exact) mass is 305 g/mol. The van der Waals surface area contributed by atoms with E-state index in [-0.39, 0.29) is 17.2 Å². The van der Waals surface area contributed by atoms with E-state index in [2.05, 4.69) is 27.0 Å². The summed E-state index contributed by atoms with van der Waals surface area (Å²) in [7, 11) is 1.47. The Morgan fingerprint density at radius 3 is 2.77 bits per heavy atom. The van der Waals surface area contributed by atoms with E-state index in [4.69, 9.17) is 5.73 Å². The Hall–Kier alpha value is -2.57. The van der Waals surface area contributed by atoms with Crippen LogP contribution in [0.25, 0.3) is 0 Å². The predicted molar refractivity (Wildman–Crippen MR) is 86.2 cm³/mol. The largest absolute Gasteiger partial charge is 0.383 e. The van der Waals surface area contributed by atoms with E-state index in [0.29, 0.717) is 5.69 Å². The lowest BCUT2D eigenvalue weighted by Gasteiger charge is -2.19. The molecular weight excluding hydrogens is 285 g/mol. The fourth-order valence-electron chi connectivity index (χ4n) is 1.58. The quantitative estimate of drug-likeness (QED) is 0.475. The first-order chi connectivity index (χ1) is 10.4. The zero-order valence-corrected chi connectivity index (χ0v) is 12.9. The van der Waals surface area contributed by atoms with Crippen molar-refractivity contribution in [1.29, 1.82) is 0 Å².